The van der Waals surface area contributed by atoms with Crippen LogP contribution in [-0.2, 0) is 4.74 Å². The highest BCUT2D eigenvalue weighted by atomic mass is 16.5. The first-order valence-electron chi connectivity index (χ1n) is 5.55. The third-order valence-electron chi connectivity index (χ3n) is 2.05. The van der Waals surface area contributed by atoms with Gasteiger partial charge >= 0.3 is 5.97 Å². The Labute approximate surface area is 101 Å². The van der Waals surface area contributed by atoms with Gasteiger partial charge in [0.1, 0.15) is 5.76 Å². The molecule has 2 rings (SSSR count). The molecule has 1 aromatic carbocycles. The number of methoxy groups -OCH3 is 1. The minimum atomic E-state index is -0.461. The van der Waals surface area contributed by atoms with Gasteiger partial charge in [-0.3, -0.25) is 0 Å². The summed E-state index contributed by atoms with van der Waals surface area (Å²) in [4.78, 5) is 11.1. The smallest absolute Gasteiger partial charge is 0.373 e. The van der Waals surface area contributed by atoms with Crippen LogP contribution in [0.25, 0.3) is 11.3 Å². The summed E-state index contributed by atoms with van der Waals surface area (Å²) in [5, 5.41) is 0. The summed E-state index contributed by atoms with van der Waals surface area (Å²) >= 11 is 0. The van der Waals surface area contributed by atoms with Gasteiger partial charge in [-0.15, -0.1) is 0 Å². The first-order chi connectivity index (χ1) is 8.31. The van der Waals surface area contributed by atoms with Crippen molar-refractivity contribution in [1.29, 1.82) is 0 Å². The molecule has 0 bridgehead atoms. The van der Waals surface area contributed by atoms with Gasteiger partial charge in [-0.2, -0.15) is 0 Å². The lowest BCUT2D eigenvalue weighted by Gasteiger charge is -1.95. The number of hydrogen-bond donors (Lipinski definition) is 0. The number of esters is 1. The second-order valence-electron chi connectivity index (χ2n) is 3.02. The quantitative estimate of drug-likeness (QED) is 0.740. The molecule has 0 saturated carbocycles. The van der Waals surface area contributed by atoms with E-state index in [4.69, 9.17) is 4.42 Å². The van der Waals surface area contributed by atoms with Crippen LogP contribution < -0.4 is 0 Å². The number of ether oxygens (including phenoxy) is 1. The SMILES string of the molecule is CC.COC(=O)c1ccc(-c2ccccc2)o1. The van der Waals surface area contributed by atoms with Gasteiger partial charge in [-0.25, -0.2) is 4.79 Å². The van der Waals surface area contributed by atoms with Crippen LogP contribution in [0.5, 0.6) is 0 Å². The summed E-state index contributed by atoms with van der Waals surface area (Å²) in [5.74, 6) is 0.421. The zero-order chi connectivity index (χ0) is 12.7. The van der Waals surface area contributed by atoms with E-state index in [1.165, 1.54) is 7.11 Å². The number of hydrogen-bond acceptors (Lipinski definition) is 3. The Morgan fingerprint density at radius 2 is 1.71 bits per heavy atom. The largest absolute Gasteiger partial charge is 0.463 e. The summed E-state index contributed by atoms with van der Waals surface area (Å²) in [7, 11) is 1.33. The topological polar surface area (TPSA) is 39.4 Å². The van der Waals surface area contributed by atoms with Crippen LogP contribution in [0.3, 0.4) is 0 Å². The Morgan fingerprint density at radius 3 is 2.29 bits per heavy atom. The number of carbonyl (C=O) groups excluding carboxylic acids is 1. The van der Waals surface area contributed by atoms with Crippen molar-refractivity contribution in [1.82, 2.24) is 0 Å². The zero-order valence-corrected chi connectivity index (χ0v) is 10.3. The Morgan fingerprint density at radius 1 is 1.06 bits per heavy atom. The predicted molar refractivity (Wildman–Crippen MR) is 66.8 cm³/mol. The van der Waals surface area contributed by atoms with Crippen LogP contribution in [0.4, 0.5) is 0 Å². The molecule has 0 aliphatic rings. The van der Waals surface area contributed by atoms with E-state index in [0.29, 0.717) is 5.76 Å². The molecule has 0 atom stereocenters. The van der Waals surface area contributed by atoms with Crippen LogP contribution in [0.2, 0.25) is 0 Å². The molecule has 0 fully saturated rings. The van der Waals surface area contributed by atoms with Crippen LogP contribution in [-0.4, -0.2) is 13.1 Å². The predicted octanol–water partition coefficient (Wildman–Crippen LogP) is 3.76. The van der Waals surface area contributed by atoms with E-state index in [0.717, 1.165) is 5.56 Å². The molecule has 0 saturated heterocycles. The van der Waals surface area contributed by atoms with Gasteiger partial charge in [-0.1, -0.05) is 44.2 Å². The molecule has 0 unspecified atom stereocenters. The van der Waals surface area contributed by atoms with Crippen molar-refractivity contribution >= 4 is 5.97 Å². The summed E-state index contributed by atoms with van der Waals surface area (Å²) in [6.45, 7) is 4.00. The Kier molecular flexibility index (Phi) is 5.01. The Balaban J connectivity index is 0.000000686. The molecule has 0 aliphatic carbocycles. The highest BCUT2D eigenvalue weighted by molar-refractivity contribution is 5.86. The molecule has 1 heterocycles. The van der Waals surface area contributed by atoms with Gasteiger partial charge in [-0.05, 0) is 12.1 Å². The molecular weight excluding hydrogens is 216 g/mol. The Hall–Kier alpha value is -2.03. The number of carbonyl (C=O) groups is 1. The van der Waals surface area contributed by atoms with Crippen molar-refractivity contribution < 1.29 is 13.9 Å². The van der Waals surface area contributed by atoms with Crippen molar-refractivity contribution in [2.24, 2.45) is 0 Å². The fraction of sp³-hybridized carbons (Fsp3) is 0.214. The molecule has 3 nitrogen and oxygen atoms in total. The maximum absolute atomic E-state index is 11.1. The monoisotopic (exact) mass is 232 g/mol. The normalized spacial score (nSPS) is 9.12. The second kappa shape index (κ2) is 6.53. The fourth-order valence-corrected chi connectivity index (χ4v) is 1.31. The van der Waals surface area contributed by atoms with Crippen LogP contribution in [0.15, 0.2) is 46.9 Å². The van der Waals surface area contributed by atoms with Gasteiger partial charge in [0.2, 0.25) is 5.76 Å². The maximum Gasteiger partial charge on any atom is 0.373 e. The van der Waals surface area contributed by atoms with Gasteiger partial charge in [0, 0.05) is 5.56 Å². The lowest BCUT2D eigenvalue weighted by Crippen LogP contribution is -1.98. The first-order valence-corrected chi connectivity index (χ1v) is 5.55. The molecule has 0 amide bonds. The zero-order valence-electron chi connectivity index (χ0n) is 10.3. The minimum absolute atomic E-state index is 0.219. The maximum atomic E-state index is 11.1. The number of furan rings is 1. The van der Waals surface area contributed by atoms with Crippen LogP contribution in [0.1, 0.15) is 24.4 Å². The summed E-state index contributed by atoms with van der Waals surface area (Å²) in [5.41, 5.74) is 0.938. The van der Waals surface area contributed by atoms with Gasteiger partial charge in [0.25, 0.3) is 0 Å². The highest BCUT2D eigenvalue weighted by Gasteiger charge is 2.11. The van der Waals surface area contributed by atoms with E-state index < -0.39 is 5.97 Å². The van der Waals surface area contributed by atoms with E-state index in [-0.39, 0.29) is 5.76 Å². The average molecular weight is 232 g/mol. The average Bonchev–Trinajstić information content (AvgIpc) is 2.91. The van der Waals surface area contributed by atoms with Crippen molar-refractivity contribution in [2.75, 3.05) is 7.11 Å². The molecule has 2 aromatic rings. The molecule has 17 heavy (non-hydrogen) atoms. The second-order valence-corrected chi connectivity index (χ2v) is 3.02. The van der Waals surface area contributed by atoms with E-state index in [2.05, 4.69) is 4.74 Å². The van der Waals surface area contributed by atoms with Gasteiger partial charge in [0.15, 0.2) is 0 Å². The third-order valence-corrected chi connectivity index (χ3v) is 2.05. The molecule has 0 aliphatic heterocycles. The summed E-state index contributed by atoms with van der Waals surface area (Å²) < 4.78 is 9.90. The highest BCUT2D eigenvalue weighted by Crippen LogP contribution is 2.21. The number of benzene rings is 1. The minimum Gasteiger partial charge on any atom is -0.463 e. The summed E-state index contributed by atoms with van der Waals surface area (Å²) in [6, 6.07) is 12.9. The molecule has 0 radical (unpaired) electrons. The molecule has 0 N–H and O–H groups in total. The first kappa shape index (κ1) is 13.0. The van der Waals surface area contributed by atoms with Gasteiger partial charge < -0.3 is 9.15 Å². The molecule has 90 valence electrons. The lowest BCUT2D eigenvalue weighted by atomic mass is 10.2. The standard InChI is InChI=1S/C12H10O3.C2H6/c1-14-12(13)11-8-7-10(15-11)9-5-3-2-4-6-9;1-2/h2-8H,1H3;1-2H3. The van der Waals surface area contributed by atoms with Crippen LogP contribution in [0, 0.1) is 0 Å². The van der Waals surface area contributed by atoms with E-state index >= 15 is 0 Å². The third kappa shape index (κ3) is 3.21. The van der Waals surface area contributed by atoms with Crippen molar-refractivity contribution in [3.8, 4) is 11.3 Å². The lowest BCUT2D eigenvalue weighted by molar-refractivity contribution is 0.0566. The van der Waals surface area contributed by atoms with E-state index in [1.807, 2.05) is 44.2 Å². The van der Waals surface area contributed by atoms with Crippen molar-refractivity contribution in [3.63, 3.8) is 0 Å². The number of rotatable bonds is 2. The molecule has 1 aromatic heterocycles. The molecule has 3 heteroatoms. The van der Waals surface area contributed by atoms with Crippen LogP contribution >= 0.6 is 0 Å². The molecule has 0 spiro atoms. The molecular formula is C14H16O3. The van der Waals surface area contributed by atoms with Crippen molar-refractivity contribution in [3.05, 3.63) is 48.2 Å². The fourth-order valence-electron chi connectivity index (χ4n) is 1.31. The van der Waals surface area contributed by atoms with Gasteiger partial charge in [0.05, 0.1) is 7.11 Å². The van der Waals surface area contributed by atoms with E-state index in [9.17, 15) is 4.79 Å². The Bertz CT molecular complexity index is 457. The summed E-state index contributed by atoms with van der Waals surface area (Å²) in [6.07, 6.45) is 0. The van der Waals surface area contributed by atoms with Crippen molar-refractivity contribution in [2.45, 2.75) is 13.8 Å². The van der Waals surface area contributed by atoms with E-state index in [1.54, 1.807) is 12.1 Å².